The van der Waals surface area contributed by atoms with Crippen molar-refractivity contribution < 1.29 is 19.4 Å². The second-order valence-electron chi connectivity index (χ2n) is 11.9. The zero-order chi connectivity index (χ0) is 25.3. The number of hydrogen-bond acceptors (Lipinski definition) is 5. The van der Waals surface area contributed by atoms with Crippen LogP contribution in [-0.4, -0.2) is 76.9 Å². The summed E-state index contributed by atoms with van der Waals surface area (Å²) in [6.07, 6.45) is 8.69. The van der Waals surface area contributed by atoms with Gasteiger partial charge in [-0.05, 0) is 82.5 Å². The van der Waals surface area contributed by atoms with Crippen LogP contribution in [0.5, 0.6) is 0 Å². The Morgan fingerprint density at radius 3 is 2.33 bits per heavy atom. The quantitative estimate of drug-likeness (QED) is 0.652. The Labute approximate surface area is 215 Å². The highest BCUT2D eigenvalue weighted by Crippen LogP contribution is 2.42. The fourth-order valence-electron chi connectivity index (χ4n) is 7.19. The van der Waals surface area contributed by atoms with Crippen molar-refractivity contribution in [1.82, 2.24) is 15.1 Å². The third-order valence-corrected chi connectivity index (χ3v) is 9.35. The van der Waals surface area contributed by atoms with Gasteiger partial charge in [0.1, 0.15) is 5.60 Å². The summed E-state index contributed by atoms with van der Waals surface area (Å²) in [5.41, 5.74) is 1.66. The van der Waals surface area contributed by atoms with Crippen molar-refractivity contribution in [2.45, 2.75) is 95.3 Å². The summed E-state index contributed by atoms with van der Waals surface area (Å²) in [4.78, 5) is 30.7. The van der Waals surface area contributed by atoms with Crippen LogP contribution in [0.4, 0.5) is 4.79 Å². The van der Waals surface area contributed by atoms with Crippen LogP contribution < -0.4 is 5.32 Å². The van der Waals surface area contributed by atoms with E-state index in [0.717, 1.165) is 94.0 Å². The van der Waals surface area contributed by atoms with E-state index < -0.39 is 11.2 Å². The van der Waals surface area contributed by atoms with Gasteiger partial charge in [-0.15, -0.1) is 0 Å². The zero-order valence-corrected chi connectivity index (χ0v) is 22.1. The molecule has 5 rings (SSSR count). The molecule has 198 valence electrons. The second-order valence-corrected chi connectivity index (χ2v) is 11.9. The van der Waals surface area contributed by atoms with E-state index in [1.165, 1.54) is 0 Å². The highest BCUT2D eigenvalue weighted by molar-refractivity contribution is 5.97. The van der Waals surface area contributed by atoms with Crippen molar-refractivity contribution in [3.05, 3.63) is 34.9 Å². The maximum atomic E-state index is 13.5. The van der Waals surface area contributed by atoms with E-state index in [1.807, 2.05) is 41.8 Å². The molecule has 1 spiro atoms. The molecule has 3 heterocycles. The van der Waals surface area contributed by atoms with Gasteiger partial charge >= 0.3 is 6.09 Å². The molecule has 36 heavy (non-hydrogen) atoms. The lowest BCUT2D eigenvalue weighted by Crippen LogP contribution is -2.63. The van der Waals surface area contributed by atoms with E-state index in [0.29, 0.717) is 25.6 Å². The molecule has 1 aromatic carbocycles. The van der Waals surface area contributed by atoms with Gasteiger partial charge in [-0.1, -0.05) is 37.5 Å². The lowest BCUT2D eigenvalue weighted by molar-refractivity contribution is -0.119. The number of β-amino-alcohol motifs (C(OH)–C–C–N with tert-alkyl or cyclic N) is 1. The molecule has 3 saturated heterocycles. The summed E-state index contributed by atoms with van der Waals surface area (Å²) >= 11 is 0. The van der Waals surface area contributed by atoms with Gasteiger partial charge in [0.25, 0.3) is 5.91 Å². The minimum Gasteiger partial charge on any atom is -0.443 e. The highest BCUT2D eigenvalue weighted by Gasteiger charge is 2.50. The molecular weight excluding hydrogens is 454 g/mol. The van der Waals surface area contributed by atoms with Crippen LogP contribution in [0.2, 0.25) is 0 Å². The van der Waals surface area contributed by atoms with Gasteiger partial charge in [0, 0.05) is 31.1 Å². The topological polar surface area (TPSA) is 82.1 Å². The molecule has 1 aromatic rings. The average Bonchev–Trinajstić information content (AvgIpc) is 2.86. The number of ether oxygens (including phenoxy) is 1. The first-order chi connectivity index (χ1) is 17.3. The summed E-state index contributed by atoms with van der Waals surface area (Å²) in [6.45, 7) is 7.52. The first kappa shape index (κ1) is 25.5. The monoisotopic (exact) mass is 497 g/mol. The summed E-state index contributed by atoms with van der Waals surface area (Å²) in [7, 11) is 0. The van der Waals surface area contributed by atoms with Crippen molar-refractivity contribution in [2.75, 3.05) is 32.7 Å². The first-order valence-electron chi connectivity index (χ1n) is 14.1. The lowest BCUT2D eigenvalue weighted by Gasteiger charge is -2.52. The molecule has 7 heteroatoms. The molecule has 0 radical (unpaired) electrons. The van der Waals surface area contributed by atoms with E-state index in [1.54, 1.807) is 0 Å². The summed E-state index contributed by atoms with van der Waals surface area (Å²) < 4.78 is 6.15. The first-order valence-corrected chi connectivity index (χ1v) is 14.1. The molecule has 4 aliphatic rings. The molecule has 2 amide bonds. The minimum atomic E-state index is -0.812. The SMILES string of the molecule is Cc1cccc(C)c1C(=O)N1CCC(C2CC3(CCNCC3)OC(=O)N2CC2(O)CCCCC2)CC1. The van der Waals surface area contributed by atoms with Crippen molar-refractivity contribution >= 4 is 12.0 Å². The van der Waals surface area contributed by atoms with Crippen molar-refractivity contribution in [2.24, 2.45) is 5.92 Å². The summed E-state index contributed by atoms with van der Waals surface area (Å²) in [6, 6.07) is 6.06. The van der Waals surface area contributed by atoms with Gasteiger partial charge in [-0.2, -0.15) is 0 Å². The fraction of sp³-hybridized carbons (Fsp3) is 0.724. The molecule has 0 bridgehead atoms. The van der Waals surface area contributed by atoms with Crippen LogP contribution >= 0.6 is 0 Å². The number of aliphatic hydroxyl groups is 1. The molecule has 7 nitrogen and oxygen atoms in total. The van der Waals surface area contributed by atoms with Crippen molar-refractivity contribution in [3.8, 4) is 0 Å². The van der Waals surface area contributed by atoms with E-state index >= 15 is 0 Å². The van der Waals surface area contributed by atoms with E-state index in [4.69, 9.17) is 4.74 Å². The van der Waals surface area contributed by atoms with Gasteiger partial charge in [-0.25, -0.2) is 4.79 Å². The number of rotatable bonds is 4. The number of aryl methyl sites for hydroxylation is 2. The predicted molar refractivity (Wildman–Crippen MR) is 139 cm³/mol. The smallest absolute Gasteiger partial charge is 0.410 e. The number of benzene rings is 1. The average molecular weight is 498 g/mol. The van der Waals surface area contributed by atoms with Gasteiger partial charge in [0.15, 0.2) is 0 Å². The highest BCUT2D eigenvalue weighted by atomic mass is 16.6. The van der Waals surface area contributed by atoms with E-state index in [-0.39, 0.29) is 18.0 Å². The third kappa shape index (κ3) is 5.14. The van der Waals surface area contributed by atoms with Crippen LogP contribution in [0.3, 0.4) is 0 Å². The molecule has 0 aromatic heterocycles. The van der Waals surface area contributed by atoms with Gasteiger partial charge in [0.05, 0.1) is 12.1 Å². The van der Waals surface area contributed by atoms with Crippen LogP contribution in [0.15, 0.2) is 18.2 Å². The number of piperidine rings is 2. The van der Waals surface area contributed by atoms with Crippen LogP contribution in [-0.2, 0) is 4.74 Å². The Hall–Kier alpha value is -2.12. The molecule has 3 aliphatic heterocycles. The maximum absolute atomic E-state index is 13.5. The Kier molecular flexibility index (Phi) is 7.32. The van der Waals surface area contributed by atoms with Gasteiger partial charge in [-0.3, -0.25) is 4.79 Å². The molecular formula is C29H43N3O4. The number of amides is 2. The van der Waals surface area contributed by atoms with Gasteiger partial charge < -0.3 is 25.0 Å². The van der Waals surface area contributed by atoms with Crippen LogP contribution in [0.25, 0.3) is 0 Å². The number of carbonyl (C=O) groups is 2. The summed E-state index contributed by atoms with van der Waals surface area (Å²) in [5.74, 6) is 0.425. The standard InChI is InChI=1S/C29H43N3O4/c1-21-7-6-8-22(2)25(21)26(33)31-17-9-23(10-18-31)24-19-29(13-15-30-16-14-29)36-27(34)32(24)20-28(35)11-4-3-5-12-28/h6-8,23-24,30,35H,3-5,9-20H2,1-2H3. The largest absolute Gasteiger partial charge is 0.443 e. The normalized spacial score (nSPS) is 26.6. The van der Waals surface area contributed by atoms with Crippen LogP contribution in [0.1, 0.15) is 85.7 Å². The molecule has 1 aliphatic carbocycles. The minimum absolute atomic E-state index is 0.0488. The van der Waals surface area contributed by atoms with Crippen molar-refractivity contribution in [3.63, 3.8) is 0 Å². The Morgan fingerprint density at radius 1 is 1.06 bits per heavy atom. The van der Waals surface area contributed by atoms with Gasteiger partial charge in [0.2, 0.25) is 0 Å². The zero-order valence-electron chi connectivity index (χ0n) is 22.1. The van der Waals surface area contributed by atoms with E-state index in [9.17, 15) is 14.7 Å². The molecule has 1 atom stereocenters. The predicted octanol–water partition coefficient (Wildman–Crippen LogP) is 4.18. The number of likely N-dealkylation sites (tertiary alicyclic amines) is 1. The lowest BCUT2D eigenvalue weighted by atomic mass is 9.76. The molecule has 4 fully saturated rings. The Bertz CT molecular complexity index is 939. The number of nitrogens with one attached hydrogen (secondary N) is 1. The van der Waals surface area contributed by atoms with Crippen LogP contribution in [0, 0.1) is 19.8 Å². The van der Waals surface area contributed by atoms with Crippen molar-refractivity contribution in [1.29, 1.82) is 0 Å². The summed E-state index contributed by atoms with van der Waals surface area (Å²) in [5, 5.41) is 14.7. The number of carbonyl (C=O) groups excluding carboxylic acids is 2. The third-order valence-electron chi connectivity index (χ3n) is 9.35. The number of nitrogens with zero attached hydrogens (tertiary/aromatic N) is 2. The van der Waals surface area contributed by atoms with E-state index in [2.05, 4.69) is 5.32 Å². The second kappa shape index (κ2) is 10.3. The maximum Gasteiger partial charge on any atom is 0.410 e. The molecule has 1 unspecified atom stereocenters. The molecule has 2 N–H and O–H groups in total. The Morgan fingerprint density at radius 2 is 1.69 bits per heavy atom. The fourth-order valence-corrected chi connectivity index (χ4v) is 7.19. The Balaban J connectivity index is 1.32. The number of hydrogen-bond donors (Lipinski definition) is 2. The molecule has 1 saturated carbocycles.